The molecular weight excluding hydrogens is 316 g/mol. The van der Waals surface area contributed by atoms with E-state index in [-0.39, 0.29) is 0 Å². The fourth-order valence-electron chi connectivity index (χ4n) is 3.74. The first kappa shape index (κ1) is 14.1. The van der Waals surface area contributed by atoms with Gasteiger partial charge in [0.1, 0.15) is 22.4 Å². The van der Waals surface area contributed by atoms with Crippen LogP contribution >= 0.6 is 15.9 Å². The largest absolute Gasteiger partial charge is 0.369 e. The molecule has 20 heavy (non-hydrogen) atoms. The van der Waals surface area contributed by atoms with E-state index in [1.807, 2.05) is 0 Å². The summed E-state index contributed by atoms with van der Waals surface area (Å²) in [6.45, 7) is 4.09. The highest BCUT2D eigenvalue weighted by molar-refractivity contribution is 9.10. The van der Waals surface area contributed by atoms with Crippen molar-refractivity contribution in [3.05, 3.63) is 10.8 Å². The second-order valence-electron chi connectivity index (χ2n) is 5.84. The summed E-state index contributed by atoms with van der Waals surface area (Å²) in [5.41, 5.74) is 0. The Bertz CT molecular complexity index is 463. The van der Waals surface area contributed by atoms with Crippen LogP contribution in [0.4, 0.5) is 11.6 Å². The fraction of sp³-hybridized carbons (Fsp3) is 0.733. The number of nitrogens with one attached hydrogen (secondary N) is 1. The smallest absolute Gasteiger partial charge is 0.148 e. The highest BCUT2D eigenvalue weighted by Gasteiger charge is 2.34. The minimum Gasteiger partial charge on any atom is -0.369 e. The number of hydrogen-bond donors (Lipinski definition) is 1. The SMILES string of the molecule is CCNc1ncnc(N2CCC[C@H]3CCCC[C@H]32)c1Br. The molecule has 1 N–H and O–H groups in total. The van der Waals surface area contributed by atoms with Gasteiger partial charge in [0.25, 0.3) is 0 Å². The summed E-state index contributed by atoms with van der Waals surface area (Å²) in [4.78, 5) is 11.4. The maximum Gasteiger partial charge on any atom is 0.148 e. The van der Waals surface area contributed by atoms with Crippen LogP contribution < -0.4 is 10.2 Å². The molecule has 2 atom stereocenters. The van der Waals surface area contributed by atoms with Crippen molar-refractivity contribution in [2.75, 3.05) is 23.3 Å². The zero-order valence-corrected chi connectivity index (χ0v) is 13.7. The molecule has 110 valence electrons. The average Bonchev–Trinajstić information content (AvgIpc) is 2.49. The van der Waals surface area contributed by atoms with Crippen LogP contribution in [0.3, 0.4) is 0 Å². The standard InChI is InChI=1S/C15H23BrN4/c1-2-17-14-13(16)15(19-10-18-14)20-9-5-7-11-6-3-4-8-12(11)20/h10-12H,2-9H2,1H3,(H,17,18,19)/t11-,12-/m1/s1. The molecule has 0 unspecified atom stereocenters. The van der Waals surface area contributed by atoms with Crippen LogP contribution in [0.15, 0.2) is 10.8 Å². The van der Waals surface area contributed by atoms with Crippen LogP contribution in [0.2, 0.25) is 0 Å². The molecule has 1 aromatic heterocycles. The summed E-state index contributed by atoms with van der Waals surface area (Å²) < 4.78 is 1.02. The van der Waals surface area contributed by atoms with Crippen molar-refractivity contribution in [2.45, 2.75) is 51.5 Å². The predicted molar refractivity (Wildman–Crippen MR) is 86.2 cm³/mol. The summed E-state index contributed by atoms with van der Waals surface area (Å²) in [5.74, 6) is 2.85. The summed E-state index contributed by atoms with van der Waals surface area (Å²) in [5, 5.41) is 3.30. The number of aromatic nitrogens is 2. The third kappa shape index (κ3) is 2.65. The molecule has 0 bridgehead atoms. The molecule has 1 saturated heterocycles. The molecule has 2 heterocycles. The van der Waals surface area contributed by atoms with Crippen LogP contribution in [-0.4, -0.2) is 29.1 Å². The molecule has 2 aliphatic rings. The second kappa shape index (κ2) is 6.29. The molecule has 1 aliphatic carbocycles. The van der Waals surface area contributed by atoms with E-state index in [4.69, 9.17) is 0 Å². The highest BCUT2D eigenvalue weighted by atomic mass is 79.9. The van der Waals surface area contributed by atoms with Gasteiger partial charge in [-0.3, -0.25) is 0 Å². The van der Waals surface area contributed by atoms with Gasteiger partial charge in [-0.2, -0.15) is 0 Å². The number of piperidine rings is 1. The predicted octanol–water partition coefficient (Wildman–Crippen LogP) is 3.83. The molecule has 0 amide bonds. The van der Waals surface area contributed by atoms with Gasteiger partial charge in [-0.1, -0.05) is 12.8 Å². The van der Waals surface area contributed by atoms with Crippen molar-refractivity contribution in [2.24, 2.45) is 5.92 Å². The van der Waals surface area contributed by atoms with Crippen LogP contribution in [0.25, 0.3) is 0 Å². The maximum atomic E-state index is 4.56. The van der Waals surface area contributed by atoms with E-state index in [0.717, 1.165) is 35.1 Å². The van der Waals surface area contributed by atoms with Gasteiger partial charge >= 0.3 is 0 Å². The fourth-order valence-corrected chi connectivity index (χ4v) is 4.31. The lowest BCUT2D eigenvalue weighted by Crippen LogP contribution is -2.47. The Kier molecular flexibility index (Phi) is 4.44. The van der Waals surface area contributed by atoms with Gasteiger partial charge in [0.05, 0.1) is 0 Å². The monoisotopic (exact) mass is 338 g/mol. The normalized spacial score (nSPS) is 26.2. The van der Waals surface area contributed by atoms with Crippen molar-refractivity contribution in [1.29, 1.82) is 0 Å². The molecule has 4 nitrogen and oxygen atoms in total. The van der Waals surface area contributed by atoms with Gasteiger partial charge in [-0.25, -0.2) is 9.97 Å². The molecule has 0 aromatic carbocycles. The zero-order chi connectivity index (χ0) is 13.9. The molecular formula is C15H23BrN4. The van der Waals surface area contributed by atoms with Crippen molar-refractivity contribution < 1.29 is 0 Å². The van der Waals surface area contributed by atoms with Gasteiger partial charge in [0.15, 0.2) is 0 Å². The Morgan fingerprint density at radius 3 is 2.90 bits per heavy atom. The number of rotatable bonds is 3. The van der Waals surface area contributed by atoms with Crippen LogP contribution in [0.5, 0.6) is 0 Å². The van der Waals surface area contributed by atoms with Gasteiger partial charge in [-0.05, 0) is 54.5 Å². The Morgan fingerprint density at radius 1 is 1.25 bits per heavy atom. The number of anilines is 2. The van der Waals surface area contributed by atoms with Gasteiger partial charge in [0, 0.05) is 19.1 Å². The molecule has 2 fully saturated rings. The first-order chi connectivity index (χ1) is 9.81. The first-order valence-electron chi connectivity index (χ1n) is 7.82. The average molecular weight is 339 g/mol. The maximum absolute atomic E-state index is 4.56. The number of nitrogens with zero attached hydrogens (tertiary/aromatic N) is 3. The van der Waals surface area contributed by atoms with Crippen molar-refractivity contribution >= 4 is 27.6 Å². The summed E-state index contributed by atoms with van der Waals surface area (Å²) in [6, 6.07) is 0.679. The Hall–Kier alpha value is -0.840. The Balaban J connectivity index is 1.89. The molecule has 3 rings (SSSR count). The van der Waals surface area contributed by atoms with E-state index in [2.05, 4.69) is 43.0 Å². The molecule has 0 spiro atoms. The minimum atomic E-state index is 0.679. The van der Waals surface area contributed by atoms with E-state index in [0.29, 0.717) is 6.04 Å². The molecule has 1 saturated carbocycles. The van der Waals surface area contributed by atoms with E-state index in [1.54, 1.807) is 6.33 Å². The van der Waals surface area contributed by atoms with E-state index < -0.39 is 0 Å². The first-order valence-corrected chi connectivity index (χ1v) is 8.61. The van der Waals surface area contributed by atoms with Crippen molar-refractivity contribution in [3.63, 3.8) is 0 Å². The summed E-state index contributed by atoms with van der Waals surface area (Å²) >= 11 is 3.71. The molecule has 5 heteroatoms. The van der Waals surface area contributed by atoms with Crippen molar-refractivity contribution in [3.8, 4) is 0 Å². The number of halogens is 1. The lowest BCUT2D eigenvalue weighted by molar-refractivity contribution is 0.242. The lowest BCUT2D eigenvalue weighted by Gasteiger charge is -2.45. The van der Waals surface area contributed by atoms with E-state index in [9.17, 15) is 0 Å². The second-order valence-corrected chi connectivity index (χ2v) is 6.63. The number of fused-ring (bicyclic) bond motifs is 1. The van der Waals surface area contributed by atoms with Crippen LogP contribution in [0, 0.1) is 5.92 Å². The van der Waals surface area contributed by atoms with Crippen LogP contribution in [-0.2, 0) is 0 Å². The number of hydrogen-bond acceptors (Lipinski definition) is 4. The molecule has 1 aromatic rings. The van der Waals surface area contributed by atoms with Crippen LogP contribution in [0.1, 0.15) is 45.4 Å². The minimum absolute atomic E-state index is 0.679. The topological polar surface area (TPSA) is 41.1 Å². The summed E-state index contributed by atoms with van der Waals surface area (Å²) in [7, 11) is 0. The van der Waals surface area contributed by atoms with Gasteiger partial charge in [-0.15, -0.1) is 0 Å². The Labute approximate surface area is 129 Å². The van der Waals surface area contributed by atoms with Crippen molar-refractivity contribution in [1.82, 2.24) is 9.97 Å². The van der Waals surface area contributed by atoms with Gasteiger partial charge in [0.2, 0.25) is 0 Å². The van der Waals surface area contributed by atoms with E-state index in [1.165, 1.54) is 38.5 Å². The lowest BCUT2D eigenvalue weighted by atomic mass is 9.78. The third-order valence-corrected chi connectivity index (χ3v) is 5.36. The Morgan fingerprint density at radius 2 is 2.05 bits per heavy atom. The van der Waals surface area contributed by atoms with Gasteiger partial charge < -0.3 is 10.2 Å². The molecule has 0 radical (unpaired) electrons. The highest BCUT2D eigenvalue weighted by Crippen LogP contribution is 2.40. The summed E-state index contributed by atoms with van der Waals surface area (Å²) in [6.07, 6.45) is 9.84. The molecule has 1 aliphatic heterocycles. The van der Waals surface area contributed by atoms with E-state index >= 15 is 0 Å². The quantitative estimate of drug-likeness (QED) is 0.909. The zero-order valence-electron chi connectivity index (χ0n) is 12.1. The third-order valence-electron chi connectivity index (χ3n) is 4.63.